The van der Waals surface area contributed by atoms with Gasteiger partial charge in [0.25, 0.3) is 0 Å². The minimum Gasteiger partial charge on any atom is -0.461 e. The second kappa shape index (κ2) is 14.5. The maximum absolute atomic E-state index is 13.7. The smallest absolute Gasteiger partial charge is 0.306 e. The molecule has 0 aliphatic heterocycles. The van der Waals surface area contributed by atoms with E-state index in [0.29, 0.717) is 12.8 Å². The molecule has 0 amide bonds. The molecule has 0 radical (unpaired) electrons. The van der Waals surface area contributed by atoms with Crippen LogP contribution < -0.4 is 0 Å². The summed E-state index contributed by atoms with van der Waals surface area (Å²) < 4.78 is 65.3. The molecule has 34 heavy (non-hydrogen) atoms. The highest BCUT2D eigenvalue weighted by atomic mass is 79.9. The highest BCUT2D eigenvalue weighted by Gasteiger charge is 2.14. The van der Waals surface area contributed by atoms with E-state index in [9.17, 15) is 27.2 Å². The van der Waals surface area contributed by atoms with Crippen molar-refractivity contribution in [2.45, 2.75) is 64.6 Å². The van der Waals surface area contributed by atoms with Crippen LogP contribution >= 0.6 is 31.9 Å². The number of halogens is 6. The van der Waals surface area contributed by atoms with Gasteiger partial charge in [0, 0.05) is 21.8 Å². The van der Waals surface area contributed by atoms with E-state index in [0.717, 1.165) is 49.9 Å². The highest BCUT2D eigenvalue weighted by Crippen LogP contribution is 2.21. The van der Waals surface area contributed by atoms with Crippen LogP contribution in [0.4, 0.5) is 17.6 Å². The fourth-order valence-corrected chi connectivity index (χ4v) is 3.92. The van der Waals surface area contributed by atoms with Crippen LogP contribution in [0.5, 0.6) is 0 Å². The van der Waals surface area contributed by atoms with E-state index in [4.69, 9.17) is 9.47 Å². The molecule has 2 rings (SSSR count). The van der Waals surface area contributed by atoms with Gasteiger partial charge in [-0.1, -0.05) is 57.5 Å². The van der Waals surface area contributed by atoms with Gasteiger partial charge >= 0.3 is 11.9 Å². The van der Waals surface area contributed by atoms with Gasteiger partial charge in [-0.2, -0.15) is 0 Å². The van der Waals surface area contributed by atoms with E-state index in [1.54, 1.807) is 0 Å². The van der Waals surface area contributed by atoms with E-state index in [-0.39, 0.29) is 32.9 Å². The number of carbonyl (C=O) groups is 2. The molecular weight excluding hydrogens is 588 g/mol. The Bertz CT molecular complexity index is 875. The lowest BCUT2D eigenvalue weighted by Crippen LogP contribution is -2.07. The number of benzene rings is 2. The van der Waals surface area contributed by atoms with Crippen molar-refractivity contribution in [3.8, 4) is 0 Å². The van der Waals surface area contributed by atoms with E-state index in [1.807, 2.05) is 0 Å². The zero-order valence-electron chi connectivity index (χ0n) is 18.3. The molecule has 0 fully saturated rings. The molecule has 2 aromatic carbocycles. The number of esters is 2. The van der Waals surface area contributed by atoms with Crippen LogP contribution in [0.3, 0.4) is 0 Å². The molecule has 0 atom stereocenters. The van der Waals surface area contributed by atoms with Crippen molar-refractivity contribution in [1.29, 1.82) is 0 Å². The molecule has 0 aromatic heterocycles. The monoisotopic (exact) mass is 610 g/mol. The van der Waals surface area contributed by atoms with Crippen LogP contribution in [0.25, 0.3) is 0 Å². The summed E-state index contributed by atoms with van der Waals surface area (Å²) in [5, 5.41) is 0. The Balaban J connectivity index is 1.51. The zero-order chi connectivity index (χ0) is 25.1. The van der Waals surface area contributed by atoms with E-state index in [2.05, 4.69) is 31.9 Å². The van der Waals surface area contributed by atoms with Gasteiger partial charge < -0.3 is 9.47 Å². The first-order chi connectivity index (χ1) is 16.2. The second-order valence-corrected chi connectivity index (χ2v) is 9.47. The predicted molar refractivity (Wildman–Crippen MR) is 125 cm³/mol. The van der Waals surface area contributed by atoms with E-state index in [1.165, 1.54) is 0 Å². The minimum atomic E-state index is -0.781. The summed E-state index contributed by atoms with van der Waals surface area (Å²) in [5.41, 5.74) is -0.579. The van der Waals surface area contributed by atoms with Crippen molar-refractivity contribution in [2.24, 2.45) is 0 Å². The summed E-state index contributed by atoms with van der Waals surface area (Å²) in [5.74, 6) is -4.17. The molecule has 186 valence electrons. The lowest BCUT2D eigenvalue weighted by molar-refractivity contribution is -0.146. The van der Waals surface area contributed by atoms with Gasteiger partial charge in [-0.25, -0.2) is 17.6 Å². The fraction of sp³-hybridized carbons (Fsp3) is 0.417. The molecule has 2 aromatic rings. The van der Waals surface area contributed by atoms with Crippen molar-refractivity contribution in [3.05, 3.63) is 67.6 Å². The molecule has 0 saturated carbocycles. The van der Waals surface area contributed by atoms with Gasteiger partial charge in [-0.15, -0.1) is 0 Å². The van der Waals surface area contributed by atoms with Gasteiger partial charge in [0.05, 0.1) is 11.1 Å². The second-order valence-electron chi connectivity index (χ2n) is 7.64. The minimum absolute atomic E-state index is 0.148. The molecule has 10 heteroatoms. The summed E-state index contributed by atoms with van der Waals surface area (Å²) >= 11 is 5.97. The van der Waals surface area contributed by atoms with E-state index < -0.39 is 48.4 Å². The molecule has 0 unspecified atom stereocenters. The lowest BCUT2D eigenvalue weighted by atomic mass is 10.1. The zero-order valence-corrected chi connectivity index (χ0v) is 21.5. The average Bonchev–Trinajstić information content (AvgIpc) is 2.74. The van der Waals surface area contributed by atoms with Gasteiger partial charge in [-0.3, -0.25) is 9.59 Å². The van der Waals surface area contributed by atoms with Gasteiger partial charge in [-0.05, 0) is 37.1 Å². The van der Waals surface area contributed by atoms with Gasteiger partial charge in [0.2, 0.25) is 0 Å². The summed E-state index contributed by atoms with van der Waals surface area (Å²) in [7, 11) is 0. The first-order valence-corrected chi connectivity index (χ1v) is 12.3. The predicted octanol–water partition coefficient (Wildman–Crippen LogP) is 7.68. The Morgan fingerprint density at radius 1 is 0.588 bits per heavy atom. The van der Waals surface area contributed by atoms with Crippen LogP contribution in [0.2, 0.25) is 0 Å². The number of carbonyl (C=O) groups excluding carboxylic acids is 2. The normalized spacial score (nSPS) is 10.9. The lowest BCUT2D eigenvalue weighted by Gasteiger charge is -2.08. The molecular formula is C24H24Br2F4O4. The quantitative estimate of drug-likeness (QED) is 0.132. The third kappa shape index (κ3) is 9.74. The van der Waals surface area contributed by atoms with E-state index >= 15 is 0 Å². The first-order valence-electron chi connectivity index (χ1n) is 10.8. The summed E-state index contributed by atoms with van der Waals surface area (Å²) in [4.78, 5) is 23.5. The average molecular weight is 612 g/mol. The van der Waals surface area contributed by atoms with Crippen molar-refractivity contribution >= 4 is 43.8 Å². The van der Waals surface area contributed by atoms with Crippen molar-refractivity contribution < 1.29 is 36.6 Å². The third-order valence-corrected chi connectivity index (χ3v) is 5.89. The van der Waals surface area contributed by atoms with Crippen LogP contribution in [0.15, 0.2) is 33.2 Å². The molecule has 0 N–H and O–H groups in total. The molecule has 0 bridgehead atoms. The summed E-state index contributed by atoms with van der Waals surface area (Å²) in [6.45, 7) is -0.915. The Morgan fingerprint density at radius 3 is 1.21 bits per heavy atom. The van der Waals surface area contributed by atoms with Gasteiger partial charge in [0.15, 0.2) is 0 Å². The Hall–Kier alpha value is -1.94. The summed E-state index contributed by atoms with van der Waals surface area (Å²) in [6.07, 6.45) is 4.67. The van der Waals surface area contributed by atoms with Gasteiger partial charge in [0.1, 0.15) is 36.5 Å². The molecule has 0 aliphatic carbocycles. The molecule has 0 saturated heterocycles. The SMILES string of the molecule is O=C(CCCCCCCCC(=O)OCc1c(F)cc(Br)cc1F)OCc1c(F)cc(Br)cc1F. The molecule has 0 aliphatic rings. The largest absolute Gasteiger partial charge is 0.461 e. The maximum atomic E-state index is 13.7. The fourth-order valence-electron chi connectivity index (χ4n) is 3.12. The number of ether oxygens (including phenoxy) is 2. The number of unbranched alkanes of at least 4 members (excludes halogenated alkanes) is 5. The van der Waals surface area contributed by atoms with Crippen LogP contribution in [-0.2, 0) is 32.3 Å². The molecule has 0 heterocycles. The van der Waals surface area contributed by atoms with Crippen molar-refractivity contribution in [3.63, 3.8) is 0 Å². The number of hydrogen-bond acceptors (Lipinski definition) is 4. The first kappa shape index (κ1) is 28.3. The van der Waals surface area contributed by atoms with Crippen LogP contribution in [-0.4, -0.2) is 11.9 Å². The topological polar surface area (TPSA) is 52.6 Å². The van der Waals surface area contributed by atoms with Crippen LogP contribution in [0, 0.1) is 23.3 Å². The standard InChI is InChI=1S/C24H24Br2F4O4/c25-15-9-19(27)17(20(28)10-15)13-33-23(31)7-5-3-1-2-4-6-8-24(32)34-14-18-21(29)11-16(26)12-22(18)30/h9-12H,1-8,13-14H2. The Morgan fingerprint density at radius 2 is 0.882 bits per heavy atom. The number of rotatable bonds is 13. The number of hydrogen-bond donors (Lipinski definition) is 0. The van der Waals surface area contributed by atoms with Crippen LogP contribution in [0.1, 0.15) is 62.5 Å². The van der Waals surface area contributed by atoms with Crippen molar-refractivity contribution in [1.82, 2.24) is 0 Å². The highest BCUT2D eigenvalue weighted by molar-refractivity contribution is 9.10. The third-order valence-electron chi connectivity index (χ3n) is 4.98. The summed E-state index contributed by atoms with van der Waals surface area (Å²) in [6, 6.07) is 4.42. The molecule has 0 spiro atoms. The van der Waals surface area contributed by atoms with Crippen molar-refractivity contribution in [2.75, 3.05) is 0 Å². The molecule has 4 nitrogen and oxygen atoms in total. The Kier molecular flexibility index (Phi) is 12.0. The Labute approximate surface area is 212 Å². The maximum Gasteiger partial charge on any atom is 0.306 e.